The quantitative estimate of drug-likeness (QED) is 0.681. The molecule has 2 unspecified atom stereocenters. The Morgan fingerprint density at radius 3 is 2.95 bits per heavy atom. The van der Waals surface area contributed by atoms with Gasteiger partial charge in [-0.05, 0) is 53.4 Å². The van der Waals surface area contributed by atoms with Crippen molar-refractivity contribution in [2.45, 2.75) is 25.9 Å². The summed E-state index contributed by atoms with van der Waals surface area (Å²) in [6, 6.07) is 5.52. The molecule has 0 bridgehead atoms. The van der Waals surface area contributed by atoms with Crippen molar-refractivity contribution in [1.29, 1.82) is 0 Å². The number of nitrogens with zero attached hydrogens (tertiary/aromatic N) is 2. The summed E-state index contributed by atoms with van der Waals surface area (Å²) in [6.07, 6.45) is 1.11. The fourth-order valence-corrected chi connectivity index (χ4v) is 2.88. The normalized spacial score (nSPS) is 21.5. The minimum Gasteiger partial charge on any atom is -0.328 e. The molecule has 1 fully saturated rings. The average molecular weight is 328 g/mol. The summed E-state index contributed by atoms with van der Waals surface area (Å²) in [5.41, 5.74) is 7.01. The number of hydrogen-bond acceptors (Lipinski definition) is 4. The molecule has 1 heterocycles. The number of nitrogens with two attached hydrogens (primary N) is 1. The Bertz CT molecular complexity index is 479. The van der Waals surface area contributed by atoms with Crippen molar-refractivity contribution in [3.63, 3.8) is 0 Å². The number of benzene rings is 1. The summed E-state index contributed by atoms with van der Waals surface area (Å²) >= 11 is 3.20. The lowest BCUT2D eigenvalue weighted by Gasteiger charge is -2.17. The maximum atomic E-state index is 10.9. The summed E-state index contributed by atoms with van der Waals surface area (Å²) < 4.78 is 0.524. The highest BCUT2D eigenvalue weighted by Crippen LogP contribution is 2.27. The minimum absolute atomic E-state index is 0.125. The number of halogens is 1. The van der Waals surface area contributed by atoms with Crippen LogP contribution in [0.5, 0.6) is 0 Å². The molecule has 1 aromatic carbocycles. The molecule has 0 radical (unpaired) electrons. The number of nitro benzene ring substituents is 1. The van der Waals surface area contributed by atoms with E-state index in [1.165, 1.54) is 0 Å². The monoisotopic (exact) mass is 327 g/mol. The van der Waals surface area contributed by atoms with Crippen LogP contribution in [0.4, 0.5) is 5.69 Å². The summed E-state index contributed by atoms with van der Waals surface area (Å²) in [6.45, 7) is 4.77. The van der Waals surface area contributed by atoms with E-state index < -0.39 is 0 Å². The zero-order chi connectivity index (χ0) is 14.0. The molecular formula is C13H18BrN3O2. The molecule has 0 spiro atoms. The zero-order valence-corrected chi connectivity index (χ0v) is 12.5. The van der Waals surface area contributed by atoms with E-state index in [9.17, 15) is 10.1 Å². The lowest BCUT2D eigenvalue weighted by molar-refractivity contribution is -0.385. The number of rotatable bonds is 4. The standard InChI is InChI=1S/C13H18BrN3O2/c1-9(15)11-4-5-16(8-11)7-10-2-3-12(14)13(6-10)17(18)19/h2-3,6,9,11H,4-5,7-8,15H2,1H3. The fraction of sp³-hybridized carbons (Fsp3) is 0.538. The van der Waals surface area contributed by atoms with Crippen LogP contribution in [0.25, 0.3) is 0 Å². The molecule has 0 aromatic heterocycles. The smallest absolute Gasteiger partial charge is 0.283 e. The van der Waals surface area contributed by atoms with Crippen molar-refractivity contribution in [3.05, 3.63) is 38.3 Å². The van der Waals surface area contributed by atoms with Gasteiger partial charge >= 0.3 is 0 Å². The van der Waals surface area contributed by atoms with Crippen LogP contribution in [0.2, 0.25) is 0 Å². The first kappa shape index (κ1) is 14.4. The topological polar surface area (TPSA) is 72.4 Å². The van der Waals surface area contributed by atoms with Gasteiger partial charge in [0.05, 0.1) is 9.40 Å². The molecule has 2 N–H and O–H groups in total. The molecule has 1 saturated heterocycles. The average Bonchev–Trinajstić information content (AvgIpc) is 2.80. The molecule has 2 atom stereocenters. The Balaban J connectivity index is 2.04. The van der Waals surface area contributed by atoms with Gasteiger partial charge in [-0.2, -0.15) is 0 Å². The largest absolute Gasteiger partial charge is 0.328 e. The van der Waals surface area contributed by atoms with Crippen LogP contribution in [-0.4, -0.2) is 29.0 Å². The maximum Gasteiger partial charge on any atom is 0.283 e. The lowest BCUT2D eigenvalue weighted by atomic mass is 10.0. The van der Waals surface area contributed by atoms with E-state index in [0.29, 0.717) is 10.4 Å². The Kier molecular flexibility index (Phi) is 4.54. The predicted molar refractivity (Wildman–Crippen MR) is 77.8 cm³/mol. The van der Waals surface area contributed by atoms with Crippen LogP contribution in [0.3, 0.4) is 0 Å². The second-order valence-electron chi connectivity index (χ2n) is 5.19. The van der Waals surface area contributed by atoms with Crippen molar-refractivity contribution in [1.82, 2.24) is 4.90 Å². The molecular weight excluding hydrogens is 310 g/mol. The second kappa shape index (κ2) is 5.98. The van der Waals surface area contributed by atoms with Crippen LogP contribution < -0.4 is 5.73 Å². The van der Waals surface area contributed by atoms with Crippen molar-refractivity contribution in [2.75, 3.05) is 13.1 Å². The third-order valence-corrected chi connectivity index (χ3v) is 4.34. The molecule has 6 heteroatoms. The van der Waals surface area contributed by atoms with Gasteiger partial charge in [0.1, 0.15) is 0 Å². The van der Waals surface area contributed by atoms with Crippen LogP contribution in [0, 0.1) is 16.0 Å². The number of nitro groups is 1. The number of hydrogen-bond donors (Lipinski definition) is 1. The Morgan fingerprint density at radius 1 is 1.63 bits per heavy atom. The number of likely N-dealkylation sites (tertiary alicyclic amines) is 1. The summed E-state index contributed by atoms with van der Waals surface area (Å²) in [5, 5.41) is 10.9. The van der Waals surface area contributed by atoms with Crippen LogP contribution in [0.15, 0.2) is 22.7 Å². The highest BCUT2D eigenvalue weighted by Gasteiger charge is 2.25. The van der Waals surface area contributed by atoms with Gasteiger partial charge < -0.3 is 5.73 Å². The van der Waals surface area contributed by atoms with Crippen molar-refractivity contribution in [3.8, 4) is 0 Å². The van der Waals surface area contributed by atoms with Crippen molar-refractivity contribution < 1.29 is 4.92 Å². The molecule has 0 aliphatic carbocycles. The Hall–Kier alpha value is -0.980. The molecule has 1 aliphatic heterocycles. The molecule has 19 heavy (non-hydrogen) atoms. The molecule has 1 aliphatic rings. The van der Waals surface area contributed by atoms with Gasteiger partial charge in [-0.3, -0.25) is 15.0 Å². The second-order valence-corrected chi connectivity index (χ2v) is 6.04. The van der Waals surface area contributed by atoms with E-state index in [0.717, 1.165) is 31.6 Å². The SMILES string of the molecule is CC(N)C1CCN(Cc2ccc(Br)c([N+](=O)[O-])c2)C1. The van der Waals surface area contributed by atoms with E-state index in [1.807, 2.05) is 13.0 Å². The fourth-order valence-electron chi connectivity index (χ4n) is 2.49. The van der Waals surface area contributed by atoms with E-state index >= 15 is 0 Å². The predicted octanol–water partition coefficient (Wildman–Crippen LogP) is 2.53. The molecule has 0 saturated carbocycles. The van der Waals surface area contributed by atoms with Gasteiger partial charge in [-0.15, -0.1) is 0 Å². The van der Waals surface area contributed by atoms with Crippen molar-refractivity contribution in [2.24, 2.45) is 11.7 Å². The van der Waals surface area contributed by atoms with Gasteiger partial charge in [-0.25, -0.2) is 0 Å². The molecule has 104 valence electrons. The Morgan fingerprint density at radius 2 is 2.37 bits per heavy atom. The Labute approximate surface area is 121 Å². The van der Waals surface area contributed by atoms with Gasteiger partial charge in [0, 0.05) is 25.2 Å². The van der Waals surface area contributed by atoms with Crippen LogP contribution in [0.1, 0.15) is 18.9 Å². The van der Waals surface area contributed by atoms with Gasteiger partial charge in [0.2, 0.25) is 0 Å². The highest BCUT2D eigenvalue weighted by atomic mass is 79.9. The van der Waals surface area contributed by atoms with E-state index in [1.54, 1.807) is 12.1 Å². The van der Waals surface area contributed by atoms with E-state index in [2.05, 4.69) is 20.8 Å². The minimum atomic E-state index is -0.359. The van der Waals surface area contributed by atoms with Crippen molar-refractivity contribution >= 4 is 21.6 Å². The van der Waals surface area contributed by atoms with Crippen LogP contribution >= 0.6 is 15.9 Å². The molecule has 5 nitrogen and oxygen atoms in total. The third kappa shape index (κ3) is 3.52. The van der Waals surface area contributed by atoms with Gasteiger partial charge in [0.15, 0.2) is 0 Å². The first-order chi connectivity index (χ1) is 8.97. The first-order valence-corrected chi connectivity index (χ1v) is 7.17. The summed E-state index contributed by atoms with van der Waals surface area (Å²) in [7, 11) is 0. The lowest BCUT2D eigenvalue weighted by Crippen LogP contribution is -2.29. The maximum absolute atomic E-state index is 10.9. The van der Waals surface area contributed by atoms with Crippen LogP contribution in [-0.2, 0) is 6.54 Å². The summed E-state index contributed by atoms with van der Waals surface area (Å²) in [5.74, 6) is 0.533. The zero-order valence-electron chi connectivity index (χ0n) is 10.9. The van der Waals surface area contributed by atoms with Gasteiger partial charge in [-0.1, -0.05) is 6.07 Å². The van der Waals surface area contributed by atoms with E-state index in [4.69, 9.17) is 5.73 Å². The first-order valence-electron chi connectivity index (χ1n) is 6.38. The molecule has 2 rings (SSSR count). The highest BCUT2D eigenvalue weighted by molar-refractivity contribution is 9.10. The third-order valence-electron chi connectivity index (χ3n) is 3.67. The molecule has 1 aromatic rings. The molecule has 0 amide bonds. The van der Waals surface area contributed by atoms with Gasteiger partial charge in [0.25, 0.3) is 5.69 Å². The van der Waals surface area contributed by atoms with E-state index in [-0.39, 0.29) is 16.7 Å². The summed E-state index contributed by atoms with van der Waals surface area (Å²) in [4.78, 5) is 12.8.